The SMILES string of the molecule is CC(C)(C)OC(=O)NC(C)(Cc1ccc(OCCCO)cc1)C(=O)O. The Balaban J connectivity index is 2.76. The van der Waals surface area contributed by atoms with E-state index in [0.717, 1.165) is 5.56 Å². The second-order valence-corrected chi connectivity index (χ2v) is 7.01. The van der Waals surface area contributed by atoms with E-state index in [9.17, 15) is 14.7 Å². The summed E-state index contributed by atoms with van der Waals surface area (Å²) in [4.78, 5) is 23.6. The summed E-state index contributed by atoms with van der Waals surface area (Å²) >= 11 is 0. The van der Waals surface area contributed by atoms with Crippen LogP contribution in [0.15, 0.2) is 24.3 Å². The first kappa shape index (κ1) is 20.8. The van der Waals surface area contributed by atoms with Gasteiger partial charge < -0.3 is 25.0 Å². The summed E-state index contributed by atoms with van der Waals surface area (Å²) in [6, 6.07) is 6.93. The van der Waals surface area contributed by atoms with Gasteiger partial charge in [-0.3, -0.25) is 0 Å². The van der Waals surface area contributed by atoms with E-state index in [4.69, 9.17) is 14.6 Å². The molecule has 1 aromatic carbocycles. The topological polar surface area (TPSA) is 105 Å². The first-order valence-electron chi connectivity index (χ1n) is 8.13. The third-order valence-electron chi connectivity index (χ3n) is 3.30. The van der Waals surface area contributed by atoms with Crippen LogP contribution in [0, 0.1) is 0 Å². The second kappa shape index (κ2) is 8.71. The van der Waals surface area contributed by atoms with Crippen LogP contribution in [0.4, 0.5) is 4.79 Å². The lowest BCUT2D eigenvalue weighted by atomic mass is 9.93. The average Bonchev–Trinajstić information content (AvgIpc) is 2.47. The highest BCUT2D eigenvalue weighted by atomic mass is 16.6. The molecule has 7 heteroatoms. The van der Waals surface area contributed by atoms with Gasteiger partial charge in [0.05, 0.1) is 6.61 Å². The number of amides is 1. The number of aliphatic carboxylic acids is 1. The predicted octanol–water partition coefficient (Wildman–Crippen LogP) is 2.36. The van der Waals surface area contributed by atoms with Gasteiger partial charge in [-0.1, -0.05) is 12.1 Å². The van der Waals surface area contributed by atoms with Crippen LogP contribution >= 0.6 is 0 Å². The van der Waals surface area contributed by atoms with Gasteiger partial charge in [0.15, 0.2) is 0 Å². The first-order valence-corrected chi connectivity index (χ1v) is 8.13. The molecule has 0 aliphatic rings. The van der Waals surface area contributed by atoms with E-state index in [0.29, 0.717) is 18.8 Å². The zero-order valence-corrected chi connectivity index (χ0v) is 15.2. The molecule has 0 heterocycles. The number of ether oxygens (including phenoxy) is 2. The molecule has 0 aromatic heterocycles. The zero-order valence-electron chi connectivity index (χ0n) is 15.2. The summed E-state index contributed by atoms with van der Waals surface area (Å²) in [5.74, 6) is -0.518. The van der Waals surface area contributed by atoms with E-state index in [1.54, 1.807) is 45.0 Å². The summed E-state index contributed by atoms with van der Waals surface area (Å²) in [7, 11) is 0. The molecule has 1 rings (SSSR count). The van der Waals surface area contributed by atoms with Crippen molar-refractivity contribution < 1.29 is 29.3 Å². The molecule has 25 heavy (non-hydrogen) atoms. The van der Waals surface area contributed by atoms with E-state index in [2.05, 4.69) is 5.32 Å². The Kier molecular flexibility index (Phi) is 7.23. The number of carboxylic acids is 1. The fraction of sp³-hybridized carbons (Fsp3) is 0.556. The number of carbonyl (C=O) groups excluding carboxylic acids is 1. The number of hydrogen-bond acceptors (Lipinski definition) is 5. The van der Waals surface area contributed by atoms with Crippen LogP contribution in [-0.4, -0.2) is 46.6 Å². The summed E-state index contributed by atoms with van der Waals surface area (Å²) < 4.78 is 10.6. The van der Waals surface area contributed by atoms with E-state index in [-0.39, 0.29) is 13.0 Å². The molecule has 0 aliphatic heterocycles. The van der Waals surface area contributed by atoms with Crippen LogP contribution in [0.3, 0.4) is 0 Å². The van der Waals surface area contributed by atoms with Crippen molar-refractivity contribution in [3.05, 3.63) is 29.8 Å². The standard InChI is InChI=1S/C18H27NO6/c1-17(2,3)25-16(23)19-18(4,15(21)22)12-13-6-8-14(9-7-13)24-11-5-10-20/h6-9,20H,5,10-12H2,1-4H3,(H,19,23)(H,21,22). The summed E-state index contributed by atoms with van der Waals surface area (Å²) in [5, 5.41) is 20.7. The van der Waals surface area contributed by atoms with E-state index < -0.39 is 23.2 Å². The fourth-order valence-electron chi connectivity index (χ4n) is 2.07. The quantitative estimate of drug-likeness (QED) is 0.620. The average molecular weight is 353 g/mol. The molecule has 0 aliphatic carbocycles. The van der Waals surface area contributed by atoms with Crippen LogP contribution in [0.5, 0.6) is 5.75 Å². The molecule has 7 nitrogen and oxygen atoms in total. The van der Waals surface area contributed by atoms with Gasteiger partial charge in [0.2, 0.25) is 0 Å². The highest BCUT2D eigenvalue weighted by Gasteiger charge is 2.36. The molecule has 1 amide bonds. The van der Waals surface area contributed by atoms with E-state index in [1.807, 2.05) is 0 Å². The van der Waals surface area contributed by atoms with Gasteiger partial charge in [0.1, 0.15) is 16.9 Å². The van der Waals surface area contributed by atoms with Crippen LogP contribution in [-0.2, 0) is 16.0 Å². The Hall–Kier alpha value is -2.28. The molecule has 140 valence electrons. The minimum absolute atomic E-state index is 0.0609. The second-order valence-electron chi connectivity index (χ2n) is 7.01. The lowest BCUT2D eigenvalue weighted by Gasteiger charge is -2.28. The summed E-state index contributed by atoms with van der Waals surface area (Å²) in [6.07, 6.45) is -0.140. The lowest BCUT2D eigenvalue weighted by molar-refractivity contribution is -0.144. The number of aliphatic hydroxyl groups excluding tert-OH is 1. The normalized spacial score (nSPS) is 13.6. The van der Waals surface area contributed by atoms with Crippen molar-refractivity contribution in [2.75, 3.05) is 13.2 Å². The third-order valence-corrected chi connectivity index (χ3v) is 3.30. The van der Waals surface area contributed by atoms with Gasteiger partial charge in [-0.2, -0.15) is 0 Å². The van der Waals surface area contributed by atoms with Crippen molar-refractivity contribution in [2.45, 2.75) is 51.7 Å². The minimum atomic E-state index is -1.50. The maximum atomic E-state index is 11.9. The summed E-state index contributed by atoms with van der Waals surface area (Å²) in [6.45, 7) is 7.03. The van der Waals surface area contributed by atoms with Crippen LogP contribution in [0.25, 0.3) is 0 Å². The lowest BCUT2D eigenvalue weighted by Crippen LogP contribution is -2.54. The Morgan fingerprint density at radius 1 is 1.12 bits per heavy atom. The fourth-order valence-corrected chi connectivity index (χ4v) is 2.07. The predicted molar refractivity (Wildman–Crippen MR) is 92.8 cm³/mol. The molecule has 0 fully saturated rings. The Bertz CT molecular complexity index is 578. The van der Waals surface area contributed by atoms with Gasteiger partial charge in [0, 0.05) is 19.4 Å². The number of carboxylic acid groups (broad SMARTS) is 1. The van der Waals surface area contributed by atoms with Gasteiger partial charge in [-0.25, -0.2) is 9.59 Å². The van der Waals surface area contributed by atoms with Gasteiger partial charge in [0.25, 0.3) is 0 Å². The number of rotatable bonds is 8. The number of aliphatic hydroxyl groups is 1. The van der Waals surface area contributed by atoms with Crippen molar-refractivity contribution in [3.8, 4) is 5.75 Å². The molecule has 0 bridgehead atoms. The molecule has 0 saturated heterocycles. The van der Waals surface area contributed by atoms with Crippen LogP contribution < -0.4 is 10.1 Å². The Morgan fingerprint density at radius 3 is 2.20 bits per heavy atom. The highest BCUT2D eigenvalue weighted by Crippen LogP contribution is 2.19. The van der Waals surface area contributed by atoms with E-state index in [1.165, 1.54) is 6.92 Å². The maximum absolute atomic E-state index is 11.9. The molecule has 1 unspecified atom stereocenters. The van der Waals surface area contributed by atoms with Crippen molar-refractivity contribution in [3.63, 3.8) is 0 Å². The first-order chi connectivity index (χ1) is 11.6. The Labute approximate surface area is 147 Å². The third kappa shape index (κ3) is 7.43. The van der Waals surface area contributed by atoms with Crippen LogP contribution in [0.1, 0.15) is 39.7 Å². The number of hydrogen-bond donors (Lipinski definition) is 3. The number of carbonyl (C=O) groups is 2. The number of alkyl carbamates (subject to hydrolysis) is 1. The molecule has 0 spiro atoms. The number of nitrogens with one attached hydrogen (secondary N) is 1. The Morgan fingerprint density at radius 2 is 1.72 bits per heavy atom. The molecular formula is C18H27NO6. The van der Waals surface area contributed by atoms with Crippen molar-refractivity contribution in [2.24, 2.45) is 0 Å². The molecule has 0 saturated carbocycles. The highest BCUT2D eigenvalue weighted by molar-refractivity contribution is 5.84. The monoisotopic (exact) mass is 353 g/mol. The molecule has 1 aromatic rings. The minimum Gasteiger partial charge on any atom is -0.494 e. The van der Waals surface area contributed by atoms with Gasteiger partial charge in [-0.05, 0) is 45.4 Å². The largest absolute Gasteiger partial charge is 0.494 e. The number of benzene rings is 1. The molecule has 3 N–H and O–H groups in total. The molecule has 0 radical (unpaired) electrons. The zero-order chi connectivity index (χ0) is 19.1. The molecular weight excluding hydrogens is 326 g/mol. The van der Waals surface area contributed by atoms with E-state index >= 15 is 0 Å². The van der Waals surface area contributed by atoms with Crippen molar-refractivity contribution in [1.29, 1.82) is 0 Å². The van der Waals surface area contributed by atoms with Crippen molar-refractivity contribution >= 4 is 12.1 Å². The molecule has 1 atom stereocenters. The maximum Gasteiger partial charge on any atom is 0.408 e. The van der Waals surface area contributed by atoms with Crippen LogP contribution in [0.2, 0.25) is 0 Å². The summed E-state index contributed by atoms with van der Waals surface area (Å²) in [5.41, 5.74) is -1.48. The van der Waals surface area contributed by atoms with Gasteiger partial charge in [-0.15, -0.1) is 0 Å². The van der Waals surface area contributed by atoms with Gasteiger partial charge >= 0.3 is 12.1 Å². The van der Waals surface area contributed by atoms with Crippen molar-refractivity contribution in [1.82, 2.24) is 5.32 Å². The smallest absolute Gasteiger partial charge is 0.408 e.